The second-order valence-electron chi connectivity index (χ2n) is 6.32. The van der Waals surface area contributed by atoms with Gasteiger partial charge in [0, 0.05) is 11.5 Å². The van der Waals surface area contributed by atoms with Crippen molar-refractivity contribution in [2.45, 2.75) is 13.0 Å². The summed E-state index contributed by atoms with van der Waals surface area (Å²) in [5.74, 6) is 0.521. The van der Waals surface area contributed by atoms with Gasteiger partial charge in [0.05, 0.1) is 6.54 Å². The number of fused-ring (bicyclic) bond motifs is 2. The van der Waals surface area contributed by atoms with Crippen molar-refractivity contribution in [2.75, 3.05) is 18.1 Å². The molecule has 0 saturated carbocycles. The molecule has 0 saturated heterocycles. The number of aromatic nitrogens is 1. The van der Waals surface area contributed by atoms with Gasteiger partial charge < -0.3 is 19.6 Å². The lowest BCUT2D eigenvalue weighted by Gasteiger charge is -2.29. The van der Waals surface area contributed by atoms with Crippen molar-refractivity contribution < 1.29 is 19.2 Å². The number of amides is 1. The fraction of sp³-hybridized carbons (Fsp3) is 0.200. The molecular weight excluding hydrogens is 362 g/mol. The molecule has 1 atom stereocenters. The second kappa shape index (κ2) is 7.15. The highest BCUT2D eigenvalue weighted by Gasteiger charge is 2.36. The number of nitrogens with zero attached hydrogens (tertiary/aromatic N) is 3. The molecule has 28 heavy (non-hydrogen) atoms. The van der Waals surface area contributed by atoms with Gasteiger partial charge in [-0.15, -0.1) is 0 Å². The quantitative estimate of drug-likeness (QED) is 0.498. The molecule has 1 aromatic heterocycles. The SMILES string of the molecule is CC1Oc2ccc([N+](=O)[O-])nc2N(CCOc2cccc3ccccc23)C1=O. The van der Waals surface area contributed by atoms with E-state index in [-0.39, 0.29) is 30.7 Å². The van der Waals surface area contributed by atoms with Crippen LogP contribution in [-0.4, -0.2) is 35.1 Å². The van der Waals surface area contributed by atoms with Gasteiger partial charge in [-0.1, -0.05) is 36.4 Å². The van der Waals surface area contributed by atoms with Crippen molar-refractivity contribution in [1.29, 1.82) is 0 Å². The summed E-state index contributed by atoms with van der Waals surface area (Å²) >= 11 is 0. The van der Waals surface area contributed by atoms with Crippen LogP contribution in [0.2, 0.25) is 0 Å². The molecule has 0 radical (unpaired) electrons. The normalized spacial score (nSPS) is 15.8. The third kappa shape index (κ3) is 3.20. The minimum Gasteiger partial charge on any atom is -0.491 e. The van der Waals surface area contributed by atoms with Gasteiger partial charge in [-0.05, 0) is 34.3 Å². The first-order valence-corrected chi connectivity index (χ1v) is 8.78. The minimum atomic E-state index is -0.701. The smallest absolute Gasteiger partial charge is 0.366 e. The van der Waals surface area contributed by atoms with E-state index in [1.807, 2.05) is 42.5 Å². The van der Waals surface area contributed by atoms with Gasteiger partial charge in [-0.3, -0.25) is 9.69 Å². The van der Waals surface area contributed by atoms with Gasteiger partial charge in [0.1, 0.15) is 12.4 Å². The van der Waals surface area contributed by atoms with Crippen LogP contribution in [0.15, 0.2) is 54.6 Å². The van der Waals surface area contributed by atoms with Crippen LogP contribution in [-0.2, 0) is 4.79 Å². The molecule has 1 amide bonds. The Bertz CT molecular complexity index is 1060. The van der Waals surface area contributed by atoms with Gasteiger partial charge in [0.25, 0.3) is 11.7 Å². The third-order valence-electron chi connectivity index (χ3n) is 4.51. The summed E-state index contributed by atoms with van der Waals surface area (Å²) in [6.07, 6.45) is -0.701. The topological polar surface area (TPSA) is 94.8 Å². The number of nitro groups is 1. The molecule has 1 unspecified atom stereocenters. The molecular formula is C20H17N3O5. The van der Waals surface area contributed by atoms with Gasteiger partial charge in [0.15, 0.2) is 11.9 Å². The Morgan fingerprint density at radius 3 is 2.79 bits per heavy atom. The highest BCUT2D eigenvalue weighted by molar-refractivity contribution is 5.98. The van der Waals surface area contributed by atoms with Gasteiger partial charge in [-0.2, -0.15) is 0 Å². The summed E-state index contributed by atoms with van der Waals surface area (Å²) in [4.78, 5) is 28.3. The summed E-state index contributed by atoms with van der Waals surface area (Å²) in [5, 5.41) is 13.1. The molecule has 0 fully saturated rings. The largest absolute Gasteiger partial charge is 0.491 e. The number of ether oxygens (including phenoxy) is 2. The fourth-order valence-electron chi connectivity index (χ4n) is 3.16. The predicted molar refractivity (Wildman–Crippen MR) is 103 cm³/mol. The van der Waals surface area contributed by atoms with Gasteiger partial charge >= 0.3 is 5.82 Å². The molecule has 1 aliphatic rings. The van der Waals surface area contributed by atoms with Crippen molar-refractivity contribution in [3.63, 3.8) is 0 Å². The average Bonchev–Trinajstić information content (AvgIpc) is 2.70. The lowest BCUT2D eigenvalue weighted by atomic mass is 10.1. The van der Waals surface area contributed by atoms with Crippen molar-refractivity contribution >= 4 is 28.3 Å². The zero-order valence-corrected chi connectivity index (χ0v) is 15.1. The van der Waals surface area contributed by atoms with E-state index < -0.39 is 11.0 Å². The third-order valence-corrected chi connectivity index (χ3v) is 4.51. The number of hydrogen-bond donors (Lipinski definition) is 0. The maximum atomic E-state index is 12.6. The van der Waals surface area contributed by atoms with Crippen LogP contribution >= 0.6 is 0 Å². The Morgan fingerprint density at radius 1 is 1.18 bits per heavy atom. The number of benzene rings is 2. The number of carbonyl (C=O) groups excluding carboxylic acids is 1. The monoisotopic (exact) mass is 379 g/mol. The Kier molecular flexibility index (Phi) is 4.52. The average molecular weight is 379 g/mol. The maximum Gasteiger partial charge on any atom is 0.366 e. The Hall–Kier alpha value is -3.68. The standard InChI is InChI=1S/C20H17N3O5/c1-13-20(24)22(19-17(28-13)9-10-18(21-19)23(25)26)11-12-27-16-8-4-6-14-5-2-3-7-15(14)16/h2-10,13H,11-12H2,1H3. The van der Waals surface area contributed by atoms with E-state index in [0.29, 0.717) is 11.5 Å². The molecule has 0 aliphatic carbocycles. The molecule has 2 heterocycles. The van der Waals surface area contributed by atoms with Crippen LogP contribution < -0.4 is 14.4 Å². The fourth-order valence-corrected chi connectivity index (χ4v) is 3.16. The van der Waals surface area contributed by atoms with Crippen LogP contribution in [0.5, 0.6) is 11.5 Å². The Morgan fingerprint density at radius 2 is 1.96 bits per heavy atom. The molecule has 0 bridgehead atoms. The summed E-state index contributed by atoms with van der Waals surface area (Å²) in [5.41, 5.74) is 0. The maximum absolute atomic E-state index is 12.6. The van der Waals surface area contributed by atoms with E-state index in [1.165, 1.54) is 17.0 Å². The second-order valence-corrected chi connectivity index (χ2v) is 6.32. The van der Waals surface area contributed by atoms with E-state index in [0.717, 1.165) is 10.8 Å². The zero-order chi connectivity index (χ0) is 19.7. The summed E-state index contributed by atoms with van der Waals surface area (Å²) in [7, 11) is 0. The molecule has 8 nitrogen and oxygen atoms in total. The highest BCUT2D eigenvalue weighted by Crippen LogP contribution is 2.34. The lowest BCUT2D eigenvalue weighted by molar-refractivity contribution is -0.389. The predicted octanol–water partition coefficient (Wildman–Crippen LogP) is 3.34. The van der Waals surface area contributed by atoms with Gasteiger partial charge in [-0.25, -0.2) is 0 Å². The van der Waals surface area contributed by atoms with Crippen molar-refractivity contribution in [3.05, 3.63) is 64.7 Å². The van der Waals surface area contributed by atoms with E-state index in [2.05, 4.69) is 4.98 Å². The summed E-state index contributed by atoms with van der Waals surface area (Å²) in [6, 6.07) is 16.3. The van der Waals surface area contributed by atoms with Crippen LogP contribution in [0.25, 0.3) is 10.8 Å². The van der Waals surface area contributed by atoms with Crippen LogP contribution in [0.3, 0.4) is 0 Å². The van der Waals surface area contributed by atoms with Crippen LogP contribution in [0.4, 0.5) is 11.6 Å². The number of hydrogen-bond acceptors (Lipinski definition) is 6. The van der Waals surface area contributed by atoms with Crippen molar-refractivity contribution in [3.8, 4) is 11.5 Å². The molecule has 1 aliphatic heterocycles. The van der Waals surface area contributed by atoms with Crippen LogP contribution in [0, 0.1) is 10.1 Å². The first kappa shape index (κ1) is 17.7. The molecule has 142 valence electrons. The number of rotatable bonds is 5. The molecule has 0 N–H and O–H groups in total. The van der Waals surface area contributed by atoms with Crippen molar-refractivity contribution in [1.82, 2.24) is 4.98 Å². The zero-order valence-electron chi connectivity index (χ0n) is 15.1. The molecule has 3 aromatic rings. The Balaban J connectivity index is 1.56. The number of carbonyl (C=O) groups is 1. The number of pyridine rings is 1. The van der Waals surface area contributed by atoms with E-state index in [9.17, 15) is 14.9 Å². The summed E-state index contributed by atoms with van der Waals surface area (Å²) < 4.78 is 11.4. The molecule has 2 aromatic carbocycles. The Labute approximate surface area is 160 Å². The van der Waals surface area contributed by atoms with E-state index in [1.54, 1.807) is 6.92 Å². The molecule has 0 spiro atoms. The lowest BCUT2D eigenvalue weighted by Crippen LogP contribution is -2.46. The van der Waals surface area contributed by atoms with Crippen molar-refractivity contribution in [2.24, 2.45) is 0 Å². The molecule has 4 rings (SSSR count). The van der Waals surface area contributed by atoms with E-state index in [4.69, 9.17) is 9.47 Å². The number of anilines is 1. The summed E-state index contributed by atoms with van der Waals surface area (Å²) in [6.45, 7) is 2.03. The first-order chi connectivity index (χ1) is 13.5. The van der Waals surface area contributed by atoms with Gasteiger partial charge in [0.2, 0.25) is 0 Å². The van der Waals surface area contributed by atoms with Crippen LogP contribution in [0.1, 0.15) is 6.92 Å². The minimum absolute atomic E-state index is 0.138. The van der Waals surface area contributed by atoms with E-state index >= 15 is 0 Å². The highest BCUT2D eigenvalue weighted by atomic mass is 16.6. The molecule has 8 heteroatoms. The first-order valence-electron chi connectivity index (χ1n) is 8.78.